The zero-order valence-corrected chi connectivity index (χ0v) is 16.8. The lowest BCUT2D eigenvalue weighted by Gasteiger charge is -2.17. The first kappa shape index (κ1) is 18.9. The number of nitrogens with one attached hydrogen (secondary N) is 1. The molecule has 1 aliphatic heterocycles. The molecule has 0 fully saturated rings. The molecule has 29 heavy (non-hydrogen) atoms. The van der Waals surface area contributed by atoms with Crippen molar-refractivity contribution in [3.05, 3.63) is 62.5 Å². The molecule has 4 rings (SSSR count). The van der Waals surface area contributed by atoms with Crippen LogP contribution in [-0.2, 0) is 0 Å². The van der Waals surface area contributed by atoms with Gasteiger partial charge in [-0.2, -0.15) is 0 Å². The maximum Gasteiger partial charge on any atom is 0.288 e. The lowest BCUT2D eigenvalue weighted by Crippen LogP contribution is -2.22. The number of rotatable bonds is 4. The summed E-state index contributed by atoms with van der Waals surface area (Å²) in [5.74, 6) is 0.899. The molecule has 150 valence electrons. The fraction of sp³-hybridized carbons (Fsp3) is 0.273. The molecular weight excluding hydrogens is 374 g/mol. The molecule has 1 N–H and O–H groups in total. The van der Waals surface area contributed by atoms with Gasteiger partial charge in [0.25, 0.3) is 5.91 Å². The van der Waals surface area contributed by atoms with Gasteiger partial charge in [0.2, 0.25) is 11.5 Å². The first-order valence-electron chi connectivity index (χ1n) is 9.09. The van der Waals surface area contributed by atoms with E-state index in [4.69, 9.17) is 18.6 Å². The first-order chi connectivity index (χ1) is 13.9. The number of benzene rings is 2. The van der Waals surface area contributed by atoms with Crippen LogP contribution >= 0.6 is 0 Å². The molecule has 1 aromatic heterocycles. The number of hydrogen-bond donors (Lipinski definition) is 1. The summed E-state index contributed by atoms with van der Waals surface area (Å²) >= 11 is 0. The van der Waals surface area contributed by atoms with Crippen molar-refractivity contribution in [2.45, 2.75) is 19.9 Å². The Bertz CT molecular complexity index is 1190. The molecular formula is C22H21NO6. The topological polar surface area (TPSA) is 87.0 Å². The van der Waals surface area contributed by atoms with Crippen LogP contribution in [-0.4, -0.2) is 27.2 Å². The van der Waals surface area contributed by atoms with Gasteiger partial charge in [0.1, 0.15) is 5.58 Å². The molecule has 7 heteroatoms. The van der Waals surface area contributed by atoms with Crippen LogP contribution in [0.2, 0.25) is 0 Å². The van der Waals surface area contributed by atoms with Crippen molar-refractivity contribution < 1.29 is 23.4 Å². The molecule has 1 amide bonds. The van der Waals surface area contributed by atoms with Gasteiger partial charge in [-0.05, 0) is 48.7 Å². The lowest BCUT2D eigenvalue weighted by atomic mass is 9.97. The van der Waals surface area contributed by atoms with Crippen molar-refractivity contribution in [1.29, 1.82) is 0 Å². The third-order valence-corrected chi connectivity index (χ3v) is 5.41. The summed E-state index contributed by atoms with van der Waals surface area (Å²) in [6, 6.07) is 6.35. The molecule has 0 radical (unpaired) electrons. The maximum atomic E-state index is 13.3. The third-order valence-electron chi connectivity index (χ3n) is 5.41. The van der Waals surface area contributed by atoms with Crippen molar-refractivity contribution in [2.75, 3.05) is 21.3 Å². The maximum absolute atomic E-state index is 13.3. The van der Waals surface area contributed by atoms with Crippen LogP contribution in [0.3, 0.4) is 0 Å². The number of carbonyl (C=O) groups is 1. The van der Waals surface area contributed by atoms with Gasteiger partial charge >= 0.3 is 0 Å². The Morgan fingerprint density at radius 1 is 0.966 bits per heavy atom. The van der Waals surface area contributed by atoms with Crippen LogP contribution in [0.15, 0.2) is 33.5 Å². The molecule has 1 unspecified atom stereocenters. The Balaban J connectivity index is 1.98. The predicted octanol–water partition coefficient (Wildman–Crippen LogP) is 3.27. The number of hydrogen-bond acceptors (Lipinski definition) is 6. The highest BCUT2D eigenvalue weighted by atomic mass is 16.5. The zero-order valence-electron chi connectivity index (χ0n) is 16.8. The van der Waals surface area contributed by atoms with Crippen LogP contribution in [0.25, 0.3) is 11.0 Å². The summed E-state index contributed by atoms with van der Waals surface area (Å²) in [4.78, 5) is 25.9. The van der Waals surface area contributed by atoms with Gasteiger partial charge in [-0.3, -0.25) is 9.59 Å². The van der Waals surface area contributed by atoms with E-state index in [1.54, 1.807) is 18.2 Å². The number of aryl methyl sites for hydroxylation is 2. The van der Waals surface area contributed by atoms with Gasteiger partial charge in [-0.15, -0.1) is 0 Å². The summed E-state index contributed by atoms with van der Waals surface area (Å²) in [6.45, 7) is 3.80. The van der Waals surface area contributed by atoms with Gasteiger partial charge in [-0.1, -0.05) is 6.07 Å². The van der Waals surface area contributed by atoms with E-state index in [-0.39, 0.29) is 16.8 Å². The molecule has 0 spiro atoms. The summed E-state index contributed by atoms with van der Waals surface area (Å²) < 4.78 is 22.1. The van der Waals surface area contributed by atoms with Crippen LogP contribution < -0.4 is 25.0 Å². The highest BCUT2D eigenvalue weighted by Crippen LogP contribution is 2.42. The lowest BCUT2D eigenvalue weighted by molar-refractivity contribution is 0.0937. The number of methoxy groups -OCH3 is 3. The first-order valence-corrected chi connectivity index (χ1v) is 9.09. The second kappa shape index (κ2) is 6.84. The van der Waals surface area contributed by atoms with Gasteiger partial charge in [0.15, 0.2) is 16.9 Å². The molecule has 0 saturated heterocycles. The van der Waals surface area contributed by atoms with E-state index in [0.29, 0.717) is 33.8 Å². The van der Waals surface area contributed by atoms with Crippen molar-refractivity contribution in [2.24, 2.45) is 0 Å². The molecule has 7 nitrogen and oxygen atoms in total. The molecule has 2 heterocycles. The van der Waals surface area contributed by atoms with Gasteiger partial charge in [0.05, 0.1) is 38.3 Å². The van der Waals surface area contributed by atoms with E-state index in [1.807, 2.05) is 19.9 Å². The zero-order chi connectivity index (χ0) is 20.9. The van der Waals surface area contributed by atoms with E-state index in [2.05, 4.69) is 5.32 Å². The highest BCUT2D eigenvalue weighted by molar-refractivity contribution is 5.99. The predicted molar refractivity (Wildman–Crippen MR) is 107 cm³/mol. The molecule has 0 aliphatic carbocycles. The van der Waals surface area contributed by atoms with Gasteiger partial charge < -0.3 is 23.9 Å². The van der Waals surface area contributed by atoms with Crippen molar-refractivity contribution >= 4 is 16.9 Å². The molecule has 3 aromatic rings. The SMILES string of the molecule is COc1cc(C2NC(=O)c3oc4c(C)c(C)ccc4c(=O)c32)cc(OC)c1OC. The second-order valence-electron chi connectivity index (χ2n) is 6.92. The highest BCUT2D eigenvalue weighted by Gasteiger charge is 2.37. The van der Waals surface area contributed by atoms with E-state index in [0.717, 1.165) is 11.1 Å². The van der Waals surface area contributed by atoms with E-state index in [9.17, 15) is 9.59 Å². The number of ether oxygens (including phenoxy) is 3. The van der Waals surface area contributed by atoms with E-state index < -0.39 is 11.9 Å². The van der Waals surface area contributed by atoms with Crippen molar-refractivity contribution in [3.63, 3.8) is 0 Å². The molecule has 1 atom stereocenters. The fourth-order valence-electron chi connectivity index (χ4n) is 3.72. The minimum absolute atomic E-state index is 0.0370. The average molecular weight is 395 g/mol. The fourth-order valence-corrected chi connectivity index (χ4v) is 3.72. The minimum Gasteiger partial charge on any atom is -0.493 e. The Hall–Kier alpha value is -3.48. The average Bonchev–Trinajstić information content (AvgIpc) is 3.06. The summed E-state index contributed by atoms with van der Waals surface area (Å²) in [5.41, 5.74) is 2.93. The van der Waals surface area contributed by atoms with Crippen LogP contribution in [0.1, 0.15) is 38.9 Å². The number of fused-ring (bicyclic) bond motifs is 2. The Morgan fingerprint density at radius 2 is 1.62 bits per heavy atom. The summed E-state index contributed by atoms with van der Waals surface area (Å²) in [7, 11) is 4.53. The normalized spacial score (nSPS) is 15.2. The summed E-state index contributed by atoms with van der Waals surface area (Å²) in [5, 5.41) is 3.29. The van der Waals surface area contributed by atoms with Crippen LogP contribution in [0.5, 0.6) is 17.2 Å². The van der Waals surface area contributed by atoms with Crippen molar-refractivity contribution in [1.82, 2.24) is 5.32 Å². The van der Waals surface area contributed by atoms with Crippen molar-refractivity contribution in [3.8, 4) is 17.2 Å². The molecule has 1 aliphatic rings. The quantitative estimate of drug-likeness (QED) is 0.730. The van der Waals surface area contributed by atoms with Crippen LogP contribution in [0.4, 0.5) is 0 Å². The third kappa shape index (κ3) is 2.73. The Kier molecular flexibility index (Phi) is 4.45. The van der Waals surface area contributed by atoms with E-state index in [1.165, 1.54) is 21.3 Å². The van der Waals surface area contributed by atoms with Gasteiger partial charge in [0, 0.05) is 0 Å². The molecule has 0 bridgehead atoms. The summed E-state index contributed by atoms with van der Waals surface area (Å²) in [6.07, 6.45) is 0. The monoisotopic (exact) mass is 395 g/mol. The Labute approximate surface area is 167 Å². The van der Waals surface area contributed by atoms with Gasteiger partial charge in [-0.25, -0.2) is 0 Å². The molecule has 2 aromatic carbocycles. The second-order valence-corrected chi connectivity index (χ2v) is 6.92. The standard InChI is InChI=1S/C22H21NO6/c1-10-6-7-13-18(24)16-17(23-22(25)21(16)29-19(13)11(10)2)12-8-14(26-3)20(28-5)15(9-12)27-4/h6-9,17H,1-5H3,(H,23,25). The number of carbonyl (C=O) groups excluding carboxylic acids is 1. The Morgan fingerprint density at radius 3 is 2.21 bits per heavy atom. The molecule has 0 saturated carbocycles. The van der Waals surface area contributed by atoms with E-state index >= 15 is 0 Å². The van der Waals surface area contributed by atoms with Crippen LogP contribution in [0, 0.1) is 13.8 Å². The smallest absolute Gasteiger partial charge is 0.288 e. The largest absolute Gasteiger partial charge is 0.493 e. The number of amides is 1. The minimum atomic E-state index is -0.687.